The molecule has 0 heterocycles. The Labute approximate surface area is 160 Å². The number of rotatable bonds is 5. The monoisotopic (exact) mass is 399 g/mol. The van der Waals surface area contributed by atoms with Crippen LogP contribution in [0.25, 0.3) is 0 Å². The average Bonchev–Trinajstić information content (AvgIpc) is 2.57. The van der Waals surface area contributed by atoms with E-state index in [9.17, 15) is 9.59 Å². The number of hydrogen-bond donors (Lipinski definition) is 2. The third-order valence-corrected chi connectivity index (χ3v) is 4.49. The summed E-state index contributed by atoms with van der Waals surface area (Å²) >= 11 is 17.8. The molecule has 0 fully saturated rings. The van der Waals surface area contributed by atoms with Crippen LogP contribution in [0.5, 0.6) is 0 Å². The molecule has 8 heteroatoms. The predicted octanol–water partition coefficient (Wildman–Crippen LogP) is 4.68. The second-order valence-electron chi connectivity index (χ2n) is 5.27. The molecule has 25 heavy (non-hydrogen) atoms. The van der Waals surface area contributed by atoms with Gasteiger partial charge in [-0.15, -0.1) is 0 Å². The smallest absolute Gasteiger partial charge is 0.243 e. The Kier molecular flexibility index (Phi) is 6.53. The molecule has 0 aliphatic heterocycles. The van der Waals surface area contributed by atoms with Crippen molar-refractivity contribution in [1.29, 1.82) is 0 Å². The van der Waals surface area contributed by atoms with Crippen LogP contribution in [0.3, 0.4) is 0 Å². The van der Waals surface area contributed by atoms with Gasteiger partial charge in [0.2, 0.25) is 11.8 Å². The summed E-state index contributed by atoms with van der Waals surface area (Å²) < 4.78 is 0. The van der Waals surface area contributed by atoms with Gasteiger partial charge in [0.05, 0.1) is 27.3 Å². The highest BCUT2D eigenvalue weighted by molar-refractivity contribution is 6.44. The lowest BCUT2D eigenvalue weighted by Crippen LogP contribution is -2.23. The molecule has 132 valence electrons. The van der Waals surface area contributed by atoms with E-state index >= 15 is 0 Å². The van der Waals surface area contributed by atoms with Crippen molar-refractivity contribution in [3.8, 4) is 0 Å². The number of amides is 2. The molecule has 0 spiro atoms. The van der Waals surface area contributed by atoms with E-state index in [1.54, 1.807) is 37.4 Å². The number of nitrogens with one attached hydrogen (secondary N) is 2. The van der Waals surface area contributed by atoms with Crippen LogP contribution in [0.2, 0.25) is 15.1 Å². The van der Waals surface area contributed by atoms with Crippen LogP contribution in [-0.4, -0.2) is 25.4 Å². The second-order valence-corrected chi connectivity index (χ2v) is 6.49. The van der Waals surface area contributed by atoms with Crippen LogP contribution in [0.4, 0.5) is 17.1 Å². The zero-order valence-corrected chi connectivity index (χ0v) is 15.8. The van der Waals surface area contributed by atoms with E-state index in [-0.39, 0.29) is 18.4 Å². The van der Waals surface area contributed by atoms with E-state index in [2.05, 4.69) is 10.6 Å². The number of nitrogens with zero attached hydrogens (tertiary/aromatic N) is 1. The maximum Gasteiger partial charge on any atom is 0.243 e. The highest BCUT2D eigenvalue weighted by Crippen LogP contribution is 2.32. The Balaban J connectivity index is 1.94. The minimum atomic E-state index is -0.255. The first-order chi connectivity index (χ1) is 11.8. The van der Waals surface area contributed by atoms with Gasteiger partial charge in [0.15, 0.2) is 0 Å². The van der Waals surface area contributed by atoms with Gasteiger partial charge in [0.1, 0.15) is 0 Å². The molecule has 5 nitrogen and oxygen atoms in total. The standard InChI is InChI=1S/C17H16Cl3N3O2/c1-10(24)23(2)12-5-3-11(4-6-12)22-17(25)9-21-16-8-14(19)13(18)7-15(16)20/h3-8,21H,9H2,1-2H3,(H,22,25). The maximum atomic E-state index is 12.0. The molecule has 0 saturated carbocycles. The molecule has 2 amide bonds. The predicted molar refractivity (Wildman–Crippen MR) is 104 cm³/mol. The SMILES string of the molecule is CC(=O)N(C)c1ccc(NC(=O)CNc2cc(Cl)c(Cl)cc2Cl)cc1. The van der Waals surface area contributed by atoms with Gasteiger partial charge in [-0.1, -0.05) is 34.8 Å². The molecule has 2 rings (SSSR count). The average molecular weight is 401 g/mol. The molecule has 0 atom stereocenters. The summed E-state index contributed by atoms with van der Waals surface area (Å²) in [5, 5.41) is 6.72. The van der Waals surface area contributed by atoms with Crippen molar-refractivity contribution in [1.82, 2.24) is 0 Å². The molecule has 2 aromatic rings. The van der Waals surface area contributed by atoms with Gasteiger partial charge < -0.3 is 15.5 Å². The van der Waals surface area contributed by atoms with E-state index < -0.39 is 0 Å². The summed E-state index contributed by atoms with van der Waals surface area (Å²) in [6, 6.07) is 10.0. The fourth-order valence-corrected chi connectivity index (χ4v) is 2.60. The summed E-state index contributed by atoms with van der Waals surface area (Å²) in [7, 11) is 1.68. The summed E-state index contributed by atoms with van der Waals surface area (Å²) in [4.78, 5) is 24.9. The largest absolute Gasteiger partial charge is 0.375 e. The lowest BCUT2D eigenvalue weighted by atomic mass is 10.2. The van der Waals surface area contributed by atoms with Gasteiger partial charge in [-0.2, -0.15) is 0 Å². The minimum Gasteiger partial charge on any atom is -0.375 e. The summed E-state index contributed by atoms with van der Waals surface area (Å²) in [6.45, 7) is 1.49. The quantitative estimate of drug-likeness (QED) is 0.716. The van der Waals surface area contributed by atoms with E-state index in [0.29, 0.717) is 26.4 Å². The molecule has 0 aliphatic carbocycles. The second kappa shape index (κ2) is 8.43. The van der Waals surface area contributed by atoms with Crippen molar-refractivity contribution in [3.05, 3.63) is 51.5 Å². The van der Waals surface area contributed by atoms with Crippen LogP contribution in [0.1, 0.15) is 6.92 Å². The number of halogens is 3. The van der Waals surface area contributed by atoms with E-state index in [4.69, 9.17) is 34.8 Å². The Hall–Kier alpha value is -1.95. The zero-order chi connectivity index (χ0) is 18.6. The van der Waals surface area contributed by atoms with Crippen LogP contribution < -0.4 is 15.5 Å². The van der Waals surface area contributed by atoms with Crippen molar-refractivity contribution in [2.24, 2.45) is 0 Å². The lowest BCUT2D eigenvalue weighted by Gasteiger charge is -2.15. The highest BCUT2D eigenvalue weighted by Gasteiger charge is 2.09. The number of carbonyl (C=O) groups excluding carboxylic acids is 2. The first-order valence-electron chi connectivity index (χ1n) is 7.30. The van der Waals surface area contributed by atoms with Crippen LogP contribution >= 0.6 is 34.8 Å². The normalized spacial score (nSPS) is 10.3. The van der Waals surface area contributed by atoms with Gasteiger partial charge in [-0.05, 0) is 36.4 Å². The fourth-order valence-electron chi connectivity index (χ4n) is 1.99. The first-order valence-corrected chi connectivity index (χ1v) is 8.44. The molecule has 0 aliphatic rings. The Morgan fingerprint density at radius 2 is 1.60 bits per heavy atom. The van der Waals surface area contributed by atoms with Crippen LogP contribution in [0.15, 0.2) is 36.4 Å². The third-order valence-electron chi connectivity index (χ3n) is 3.46. The topological polar surface area (TPSA) is 61.4 Å². The van der Waals surface area contributed by atoms with Gasteiger partial charge in [-0.25, -0.2) is 0 Å². The van der Waals surface area contributed by atoms with Gasteiger partial charge in [0, 0.05) is 25.3 Å². The molecular weight excluding hydrogens is 385 g/mol. The molecule has 0 unspecified atom stereocenters. The highest BCUT2D eigenvalue weighted by atomic mass is 35.5. The number of hydrogen-bond acceptors (Lipinski definition) is 3. The van der Waals surface area contributed by atoms with Gasteiger partial charge >= 0.3 is 0 Å². The number of carbonyl (C=O) groups is 2. The maximum absolute atomic E-state index is 12.0. The molecule has 0 bridgehead atoms. The Morgan fingerprint density at radius 1 is 1.00 bits per heavy atom. The molecule has 0 aromatic heterocycles. The summed E-state index contributed by atoms with van der Waals surface area (Å²) in [5.74, 6) is -0.325. The molecule has 2 aromatic carbocycles. The lowest BCUT2D eigenvalue weighted by molar-refractivity contribution is -0.116. The van der Waals surface area contributed by atoms with Crippen LogP contribution in [-0.2, 0) is 9.59 Å². The van der Waals surface area contributed by atoms with Gasteiger partial charge in [-0.3, -0.25) is 9.59 Å². The van der Waals surface area contributed by atoms with Crippen molar-refractivity contribution in [3.63, 3.8) is 0 Å². The van der Waals surface area contributed by atoms with Crippen LogP contribution in [0, 0.1) is 0 Å². The summed E-state index contributed by atoms with van der Waals surface area (Å²) in [6.07, 6.45) is 0. The fraction of sp³-hybridized carbons (Fsp3) is 0.176. The molecule has 2 N–H and O–H groups in total. The van der Waals surface area contributed by atoms with E-state index in [1.165, 1.54) is 17.9 Å². The third kappa shape index (κ3) is 5.26. The molecule has 0 saturated heterocycles. The zero-order valence-electron chi connectivity index (χ0n) is 13.6. The van der Waals surface area contributed by atoms with Gasteiger partial charge in [0.25, 0.3) is 0 Å². The molecule has 0 radical (unpaired) electrons. The van der Waals surface area contributed by atoms with E-state index in [1.807, 2.05) is 0 Å². The Morgan fingerprint density at radius 3 is 2.20 bits per heavy atom. The van der Waals surface area contributed by atoms with E-state index in [0.717, 1.165) is 5.69 Å². The van der Waals surface area contributed by atoms with Crippen molar-refractivity contribution in [2.75, 3.05) is 29.1 Å². The number of benzene rings is 2. The van der Waals surface area contributed by atoms with Crippen molar-refractivity contribution in [2.45, 2.75) is 6.92 Å². The van der Waals surface area contributed by atoms with Crippen molar-refractivity contribution < 1.29 is 9.59 Å². The Bertz CT molecular complexity index is 794. The first kappa shape index (κ1) is 19.4. The molecular formula is C17H16Cl3N3O2. The van der Waals surface area contributed by atoms with Crippen molar-refractivity contribution >= 4 is 63.7 Å². The minimum absolute atomic E-state index is 0.00673. The summed E-state index contributed by atoms with van der Waals surface area (Å²) in [5.41, 5.74) is 1.88. The number of anilines is 3.